The zero-order valence-corrected chi connectivity index (χ0v) is 14.3. The maximum Gasteiger partial charge on any atom is 0.255 e. The van der Waals surface area contributed by atoms with E-state index in [-0.39, 0.29) is 11.3 Å². The largest absolute Gasteiger partial charge is 0.493 e. The summed E-state index contributed by atoms with van der Waals surface area (Å²) in [5, 5.41) is -0.189. The summed E-state index contributed by atoms with van der Waals surface area (Å²) >= 11 is 1.66. The van der Waals surface area contributed by atoms with Crippen molar-refractivity contribution in [3.63, 3.8) is 0 Å². The van der Waals surface area contributed by atoms with Crippen LogP contribution in [0.1, 0.15) is 21.3 Å². The Kier molecular flexibility index (Phi) is 4.94. The summed E-state index contributed by atoms with van der Waals surface area (Å²) in [6.45, 7) is 0.602. The van der Waals surface area contributed by atoms with Gasteiger partial charge in [-0.3, -0.25) is 4.79 Å². The highest BCUT2D eigenvalue weighted by atomic mass is 32.2. The smallest absolute Gasteiger partial charge is 0.255 e. The second-order valence-electron chi connectivity index (χ2n) is 5.31. The summed E-state index contributed by atoms with van der Waals surface area (Å²) in [6, 6.07) is 11.4. The Morgan fingerprint density at radius 2 is 2.00 bits per heavy atom. The number of rotatable bonds is 4. The van der Waals surface area contributed by atoms with E-state index in [1.54, 1.807) is 43.0 Å². The maximum absolute atomic E-state index is 13.4. The van der Waals surface area contributed by atoms with Crippen LogP contribution in [0.4, 0.5) is 4.39 Å². The van der Waals surface area contributed by atoms with E-state index in [0.29, 0.717) is 23.6 Å². The normalized spacial score (nSPS) is 17.0. The lowest BCUT2D eigenvalue weighted by molar-refractivity contribution is 0.0758. The number of carbonyl (C=O) groups is 1. The molecular weight excluding hydrogens is 329 g/mol. The molecule has 0 bridgehead atoms. The Morgan fingerprint density at radius 3 is 2.71 bits per heavy atom. The fourth-order valence-corrected chi connectivity index (χ4v) is 4.10. The highest BCUT2D eigenvalue weighted by molar-refractivity contribution is 7.99. The van der Waals surface area contributed by atoms with Gasteiger partial charge in [0.1, 0.15) is 11.2 Å². The third kappa shape index (κ3) is 3.06. The lowest BCUT2D eigenvalue weighted by Gasteiger charge is -2.26. The van der Waals surface area contributed by atoms with E-state index in [9.17, 15) is 9.18 Å². The molecule has 3 rings (SSSR count). The van der Waals surface area contributed by atoms with Gasteiger partial charge in [-0.15, -0.1) is 11.8 Å². The molecule has 0 aromatic heterocycles. The number of hydrogen-bond acceptors (Lipinski definition) is 4. The molecule has 0 unspecified atom stereocenters. The summed E-state index contributed by atoms with van der Waals surface area (Å²) in [5.74, 6) is 1.46. The van der Waals surface area contributed by atoms with Crippen LogP contribution in [0.25, 0.3) is 0 Å². The quantitative estimate of drug-likeness (QED) is 0.845. The van der Waals surface area contributed by atoms with Crippen molar-refractivity contribution in [2.75, 3.05) is 26.5 Å². The number of nitrogens with zero attached hydrogens (tertiary/aromatic N) is 1. The topological polar surface area (TPSA) is 38.8 Å². The number of carbonyl (C=O) groups excluding carboxylic acids is 1. The number of amides is 1. The minimum absolute atomic E-state index is 0.186. The number of thioether (sulfide) groups is 1. The highest BCUT2D eigenvalue weighted by Crippen LogP contribution is 2.45. The molecule has 0 aliphatic carbocycles. The van der Waals surface area contributed by atoms with Gasteiger partial charge in [0, 0.05) is 23.4 Å². The molecule has 1 aliphatic heterocycles. The number of ether oxygens (including phenoxy) is 2. The van der Waals surface area contributed by atoms with Crippen molar-refractivity contribution in [3.8, 4) is 11.5 Å². The second kappa shape index (κ2) is 7.13. The minimum atomic E-state index is -0.414. The molecule has 2 aromatic rings. The average molecular weight is 347 g/mol. The summed E-state index contributed by atoms with van der Waals surface area (Å²) < 4.78 is 24.3. The Hall–Kier alpha value is -2.21. The maximum atomic E-state index is 13.4. The zero-order chi connectivity index (χ0) is 17.1. The molecule has 24 heavy (non-hydrogen) atoms. The van der Waals surface area contributed by atoms with E-state index in [1.807, 2.05) is 18.2 Å². The van der Waals surface area contributed by atoms with Crippen LogP contribution in [0, 0.1) is 5.82 Å². The fraction of sp³-hybridized carbons (Fsp3) is 0.278. The first-order chi connectivity index (χ1) is 11.7. The van der Waals surface area contributed by atoms with E-state index in [4.69, 9.17) is 9.47 Å². The van der Waals surface area contributed by atoms with Crippen LogP contribution >= 0.6 is 11.8 Å². The molecule has 0 spiro atoms. The Balaban J connectivity index is 1.95. The molecule has 4 nitrogen and oxygen atoms in total. The minimum Gasteiger partial charge on any atom is -0.493 e. The van der Waals surface area contributed by atoms with Crippen molar-refractivity contribution in [1.29, 1.82) is 0 Å². The predicted molar refractivity (Wildman–Crippen MR) is 92.2 cm³/mol. The van der Waals surface area contributed by atoms with E-state index >= 15 is 0 Å². The number of halogens is 1. The average Bonchev–Trinajstić information content (AvgIpc) is 3.09. The first-order valence-corrected chi connectivity index (χ1v) is 8.59. The van der Waals surface area contributed by atoms with Gasteiger partial charge < -0.3 is 14.4 Å². The second-order valence-corrected chi connectivity index (χ2v) is 6.50. The SMILES string of the molecule is COc1cccc([C@@H]2SCCN2C(=O)c2cccc(F)c2)c1OC. The standard InChI is InChI=1S/C18H18FNO3S/c1-22-15-8-4-7-14(16(15)23-2)18-20(9-10-24-18)17(21)12-5-3-6-13(19)11-12/h3-8,11,18H,9-10H2,1-2H3/t18-/m0/s1. The van der Waals surface area contributed by atoms with E-state index in [0.717, 1.165) is 11.3 Å². The monoisotopic (exact) mass is 347 g/mol. The molecule has 1 heterocycles. The van der Waals surface area contributed by atoms with E-state index < -0.39 is 5.82 Å². The molecule has 1 amide bonds. The third-order valence-corrected chi connectivity index (χ3v) is 5.17. The van der Waals surface area contributed by atoms with E-state index in [1.165, 1.54) is 12.1 Å². The summed E-state index contributed by atoms with van der Waals surface area (Å²) in [7, 11) is 3.17. The predicted octanol–water partition coefficient (Wildman–Crippen LogP) is 3.73. The van der Waals surface area contributed by atoms with Crippen molar-refractivity contribution in [1.82, 2.24) is 4.90 Å². The molecule has 126 valence electrons. The van der Waals surface area contributed by atoms with Gasteiger partial charge in [-0.2, -0.15) is 0 Å². The van der Waals surface area contributed by atoms with Crippen LogP contribution in [0.2, 0.25) is 0 Å². The van der Waals surface area contributed by atoms with Crippen LogP contribution in [0.3, 0.4) is 0 Å². The molecule has 6 heteroatoms. The lowest BCUT2D eigenvalue weighted by Crippen LogP contribution is -2.30. The van der Waals surface area contributed by atoms with Gasteiger partial charge in [-0.05, 0) is 24.3 Å². The molecule has 2 aromatic carbocycles. The Labute approximate surface area is 144 Å². The van der Waals surface area contributed by atoms with Crippen molar-refractivity contribution in [3.05, 3.63) is 59.4 Å². The Morgan fingerprint density at radius 1 is 1.21 bits per heavy atom. The van der Waals surface area contributed by atoms with Crippen molar-refractivity contribution in [2.24, 2.45) is 0 Å². The van der Waals surface area contributed by atoms with Crippen LogP contribution in [-0.4, -0.2) is 37.3 Å². The van der Waals surface area contributed by atoms with Crippen molar-refractivity contribution in [2.45, 2.75) is 5.37 Å². The van der Waals surface area contributed by atoms with Crippen LogP contribution < -0.4 is 9.47 Å². The van der Waals surface area contributed by atoms with Gasteiger partial charge in [0.2, 0.25) is 0 Å². The fourth-order valence-electron chi connectivity index (χ4n) is 2.83. The van der Waals surface area contributed by atoms with Crippen LogP contribution in [0.15, 0.2) is 42.5 Å². The van der Waals surface area contributed by atoms with Crippen LogP contribution in [-0.2, 0) is 0 Å². The third-order valence-electron chi connectivity index (χ3n) is 3.92. The number of hydrogen-bond donors (Lipinski definition) is 0. The first-order valence-electron chi connectivity index (χ1n) is 7.54. The lowest BCUT2D eigenvalue weighted by atomic mass is 10.1. The van der Waals surface area contributed by atoms with Crippen LogP contribution in [0.5, 0.6) is 11.5 Å². The molecule has 0 N–H and O–H groups in total. The van der Waals surface area contributed by atoms with Gasteiger partial charge in [0.15, 0.2) is 11.5 Å². The van der Waals surface area contributed by atoms with Gasteiger partial charge in [-0.1, -0.05) is 18.2 Å². The van der Waals surface area contributed by atoms with Gasteiger partial charge in [-0.25, -0.2) is 4.39 Å². The highest BCUT2D eigenvalue weighted by Gasteiger charge is 2.34. The summed E-state index contributed by atoms with van der Waals surface area (Å²) in [6.07, 6.45) is 0. The van der Waals surface area contributed by atoms with Crippen molar-refractivity contribution < 1.29 is 18.7 Å². The van der Waals surface area contributed by atoms with Gasteiger partial charge >= 0.3 is 0 Å². The van der Waals surface area contributed by atoms with Gasteiger partial charge in [0.05, 0.1) is 14.2 Å². The Bertz CT molecular complexity index is 753. The number of benzene rings is 2. The molecule has 1 atom stereocenters. The molecular formula is C18H18FNO3S. The number of methoxy groups -OCH3 is 2. The van der Waals surface area contributed by atoms with Crippen molar-refractivity contribution >= 4 is 17.7 Å². The summed E-state index contributed by atoms with van der Waals surface area (Å²) in [4.78, 5) is 14.6. The first kappa shape index (κ1) is 16.6. The molecule has 1 aliphatic rings. The molecule has 0 saturated carbocycles. The molecule has 0 radical (unpaired) electrons. The van der Waals surface area contributed by atoms with E-state index in [2.05, 4.69) is 0 Å². The van der Waals surface area contributed by atoms with Gasteiger partial charge in [0.25, 0.3) is 5.91 Å². The molecule has 1 saturated heterocycles. The number of para-hydroxylation sites is 1. The summed E-state index contributed by atoms with van der Waals surface area (Å²) in [5.41, 5.74) is 1.23. The zero-order valence-electron chi connectivity index (χ0n) is 13.5. The molecule has 1 fully saturated rings.